The zero-order chi connectivity index (χ0) is 24.8. The molecule has 7 nitrogen and oxygen atoms in total. The molecule has 7 heteroatoms. The van der Waals surface area contributed by atoms with E-state index < -0.39 is 18.1 Å². The van der Waals surface area contributed by atoms with Gasteiger partial charge < -0.3 is 24.1 Å². The van der Waals surface area contributed by atoms with Crippen LogP contribution in [0.2, 0.25) is 0 Å². The molecule has 0 radical (unpaired) electrons. The first kappa shape index (κ1) is 24.4. The number of hydrogen-bond acceptors (Lipinski definition) is 6. The van der Waals surface area contributed by atoms with Crippen LogP contribution < -0.4 is 18.9 Å². The van der Waals surface area contributed by atoms with E-state index in [2.05, 4.69) is 0 Å². The number of carboxylic acids is 1. The standard InChI is InChI=1S/C28H31NO6/c1-32-23-12-7-13-24(33-2)26(23)27(29-16-8-11-21(29)28(30)31)20-14-15-22(25(17-20)34-3)35-18-19-9-5-4-6-10-19/h4-7,9-10,12-15,17,21,27H,8,11,16,18H2,1-3H3,(H,30,31). The first-order valence-corrected chi connectivity index (χ1v) is 11.6. The number of likely N-dealkylation sites (tertiary alicyclic amines) is 1. The molecular weight excluding hydrogens is 446 g/mol. The summed E-state index contributed by atoms with van der Waals surface area (Å²) >= 11 is 0. The molecule has 3 aromatic rings. The number of benzene rings is 3. The van der Waals surface area contributed by atoms with E-state index in [0.717, 1.165) is 23.1 Å². The van der Waals surface area contributed by atoms with Crippen molar-refractivity contribution in [1.29, 1.82) is 0 Å². The molecule has 0 spiro atoms. The highest BCUT2D eigenvalue weighted by Gasteiger charge is 2.39. The fraction of sp³-hybridized carbons (Fsp3) is 0.321. The molecule has 0 aliphatic carbocycles. The number of carbonyl (C=O) groups is 1. The van der Waals surface area contributed by atoms with Crippen LogP contribution in [0, 0.1) is 0 Å². The quantitative estimate of drug-likeness (QED) is 0.444. The van der Waals surface area contributed by atoms with E-state index >= 15 is 0 Å². The van der Waals surface area contributed by atoms with Crippen molar-refractivity contribution in [3.63, 3.8) is 0 Å². The Morgan fingerprint density at radius 1 is 0.914 bits per heavy atom. The SMILES string of the molecule is COc1cc(C(c2c(OC)cccc2OC)N2CCCC2C(=O)O)ccc1OCc1ccccc1. The van der Waals surface area contributed by atoms with Crippen molar-refractivity contribution in [3.05, 3.63) is 83.4 Å². The zero-order valence-corrected chi connectivity index (χ0v) is 20.3. The highest BCUT2D eigenvalue weighted by molar-refractivity contribution is 5.74. The Balaban J connectivity index is 1.77. The summed E-state index contributed by atoms with van der Waals surface area (Å²) < 4.78 is 23.1. The van der Waals surface area contributed by atoms with Crippen molar-refractivity contribution >= 4 is 5.97 Å². The Bertz CT molecular complexity index is 1130. The minimum Gasteiger partial charge on any atom is -0.496 e. The topological polar surface area (TPSA) is 77.5 Å². The van der Waals surface area contributed by atoms with Gasteiger partial charge in [0.15, 0.2) is 11.5 Å². The van der Waals surface area contributed by atoms with Gasteiger partial charge in [-0.05, 0) is 48.2 Å². The molecule has 1 aliphatic heterocycles. The van der Waals surface area contributed by atoms with E-state index in [1.165, 1.54) is 0 Å². The molecule has 1 heterocycles. The van der Waals surface area contributed by atoms with Gasteiger partial charge in [0.1, 0.15) is 24.1 Å². The highest BCUT2D eigenvalue weighted by atomic mass is 16.5. The van der Waals surface area contributed by atoms with E-state index in [0.29, 0.717) is 42.6 Å². The van der Waals surface area contributed by atoms with Gasteiger partial charge in [-0.25, -0.2) is 0 Å². The largest absolute Gasteiger partial charge is 0.496 e. The molecule has 1 aliphatic rings. The van der Waals surface area contributed by atoms with Gasteiger partial charge >= 0.3 is 5.97 Å². The number of rotatable bonds is 10. The van der Waals surface area contributed by atoms with Gasteiger partial charge in [-0.15, -0.1) is 0 Å². The lowest BCUT2D eigenvalue weighted by atomic mass is 9.94. The van der Waals surface area contributed by atoms with Gasteiger partial charge in [-0.3, -0.25) is 9.69 Å². The highest BCUT2D eigenvalue weighted by Crippen LogP contribution is 2.45. The van der Waals surface area contributed by atoms with Crippen molar-refractivity contribution in [2.75, 3.05) is 27.9 Å². The Morgan fingerprint density at radius 3 is 2.23 bits per heavy atom. The van der Waals surface area contributed by atoms with Crippen LogP contribution in [0.15, 0.2) is 66.7 Å². The molecule has 3 aromatic carbocycles. The number of nitrogens with zero attached hydrogens (tertiary/aromatic N) is 1. The molecule has 1 saturated heterocycles. The maximum Gasteiger partial charge on any atom is 0.320 e. The number of ether oxygens (including phenoxy) is 4. The Hall–Kier alpha value is -3.71. The zero-order valence-electron chi connectivity index (χ0n) is 20.3. The van der Waals surface area contributed by atoms with Gasteiger partial charge in [0, 0.05) is 6.54 Å². The van der Waals surface area contributed by atoms with Crippen molar-refractivity contribution in [1.82, 2.24) is 4.90 Å². The molecule has 2 unspecified atom stereocenters. The molecule has 2 atom stereocenters. The second-order valence-electron chi connectivity index (χ2n) is 8.40. The van der Waals surface area contributed by atoms with Crippen LogP contribution >= 0.6 is 0 Å². The molecule has 0 amide bonds. The first-order valence-electron chi connectivity index (χ1n) is 11.6. The van der Waals surface area contributed by atoms with Crippen LogP contribution in [-0.2, 0) is 11.4 Å². The Kier molecular flexibility index (Phi) is 7.77. The summed E-state index contributed by atoms with van der Waals surface area (Å²) in [4.78, 5) is 14.1. The molecular formula is C28H31NO6. The van der Waals surface area contributed by atoms with Crippen LogP contribution in [0.25, 0.3) is 0 Å². The second kappa shape index (κ2) is 11.1. The maximum atomic E-state index is 12.1. The molecule has 35 heavy (non-hydrogen) atoms. The fourth-order valence-corrected chi connectivity index (χ4v) is 4.75. The van der Waals surface area contributed by atoms with Crippen molar-refractivity contribution < 1.29 is 28.8 Å². The average Bonchev–Trinajstić information content (AvgIpc) is 3.38. The first-order chi connectivity index (χ1) is 17.1. The van der Waals surface area contributed by atoms with E-state index in [4.69, 9.17) is 18.9 Å². The van der Waals surface area contributed by atoms with Crippen LogP contribution in [0.5, 0.6) is 23.0 Å². The Labute approximate surface area is 205 Å². The fourth-order valence-electron chi connectivity index (χ4n) is 4.75. The van der Waals surface area contributed by atoms with Gasteiger partial charge in [0.2, 0.25) is 0 Å². The monoisotopic (exact) mass is 477 g/mol. The van der Waals surface area contributed by atoms with Crippen molar-refractivity contribution in [2.24, 2.45) is 0 Å². The molecule has 1 N–H and O–H groups in total. The van der Waals surface area contributed by atoms with Crippen molar-refractivity contribution in [2.45, 2.75) is 31.5 Å². The molecule has 0 aromatic heterocycles. The summed E-state index contributed by atoms with van der Waals surface area (Å²) in [7, 11) is 4.81. The average molecular weight is 478 g/mol. The van der Waals surface area contributed by atoms with Gasteiger partial charge in [0.05, 0.1) is 32.9 Å². The van der Waals surface area contributed by atoms with E-state index in [1.807, 2.05) is 71.6 Å². The summed E-state index contributed by atoms with van der Waals surface area (Å²) in [6, 6.07) is 20.2. The summed E-state index contributed by atoms with van der Waals surface area (Å²) in [5, 5.41) is 9.95. The third-order valence-electron chi connectivity index (χ3n) is 6.39. The van der Waals surface area contributed by atoms with Crippen LogP contribution in [0.4, 0.5) is 0 Å². The minimum atomic E-state index is -0.837. The van der Waals surface area contributed by atoms with Gasteiger partial charge in [-0.2, -0.15) is 0 Å². The third-order valence-corrected chi connectivity index (χ3v) is 6.39. The van der Waals surface area contributed by atoms with Crippen LogP contribution in [-0.4, -0.2) is 49.9 Å². The Morgan fingerprint density at radius 2 is 1.60 bits per heavy atom. The van der Waals surface area contributed by atoms with E-state index in [1.54, 1.807) is 21.3 Å². The predicted octanol–water partition coefficient (Wildman–Crippen LogP) is 4.93. The van der Waals surface area contributed by atoms with Gasteiger partial charge in [0.25, 0.3) is 0 Å². The summed E-state index contributed by atoms with van der Waals surface area (Å²) in [5.74, 6) is 1.61. The molecule has 184 valence electrons. The molecule has 4 rings (SSSR count). The molecule has 0 saturated carbocycles. The summed E-state index contributed by atoms with van der Waals surface area (Å²) in [6.07, 6.45) is 1.37. The molecule has 1 fully saturated rings. The van der Waals surface area contributed by atoms with E-state index in [-0.39, 0.29) is 0 Å². The third kappa shape index (κ3) is 5.20. The van der Waals surface area contributed by atoms with Crippen LogP contribution in [0.1, 0.15) is 35.6 Å². The smallest absolute Gasteiger partial charge is 0.320 e. The number of aliphatic carboxylic acids is 1. The lowest BCUT2D eigenvalue weighted by Crippen LogP contribution is -2.39. The lowest BCUT2D eigenvalue weighted by Gasteiger charge is -2.34. The van der Waals surface area contributed by atoms with Crippen molar-refractivity contribution in [3.8, 4) is 23.0 Å². The lowest BCUT2D eigenvalue weighted by molar-refractivity contribution is -0.142. The predicted molar refractivity (Wildman–Crippen MR) is 133 cm³/mol. The summed E-state index contributed by atoms with van der Waals surface area (Å²) in [5.41, 5.74) is 2.70. The second-order valence-corrected chi connectivity index (χ2v) is 8.40. The number of methoxy groups -OCH3 is 3. The van der Waals surface area contributed by atoms with Gasteiger partial charge in [-0.1, -0.05) is 42.5 Å². The van der Waals surface area contributed by atoms with Crippen LogP contribution in [0.3, 0.4) is 0 Å². The maximum absolute atomic E-state index is 12.1. The number of hydrogen-bond donors (Lipinski definition) is 1. The number of carboxylic acid groups (broad SMARTS) is 1. The molecule has 0 bridgehead atoms. The normalized spacial score (nSPS) is 16.5. The summed E-state index contributed by atoms with van der Waals surface area (Å²) in [6.45, 7) is 1.05. The van der Waals surface area contributed by atoms with E-state index in [9.17, 15) is 9.90 Å². The minimum absolute atomic E-state index is 0.410.